The van der Waals surface area contributed by atoms with Gasteiger partial charge in [0.05, 0.1) is 6.04 Å². The first-order valence-electron chi connectivity index (χ1n) is 6.37. The van der Waals surface area contributed by atoms with Gasteiger partial charge in [-0.15, -0.1) is 0 Å². The molecule has 1 aromatic rings. The fourth-order valence-corrected chi connectivity index (χ4v) is 2.10. The molecule has 20 heavy (non-hydrogen) atoms. The quantitative estimate of drug-likeness (QED) is 0.782. The lowest BCUT2D eigenvalue weighted by Crippen LogP contribution is -2.49. The molecule has 1 rings (SSSR count). The van der Waals surface area contributed by atoms with Crippen molar-refractivity contribution in [3.8, 4) is 0 Å². The number of aliphatic carboxylic acids is 1. The number of benzene rings is 1. The number of carbonyl (C=O) groups excluding carboxylic acids is 1. The van der Waals surface area contributed by atoms with Gasteiger partial charge in [-0.2, -0.15) is 0 Å². The molecule has 0 aliphatic rings. The van der Waals surface area contributed by atoms with Crippen molar-refractivity contribution in [1.82, 2.24) is 10.6 Å². The maximum atomic E-state index is 11.8. The van der Waals surface area contributed by atoms with Gasteiger partial charge in [-0.25, -0.2) is 9.59 Å². The Hall–Kier alpha value is -1.75. The highest BCUT2D eigenvalue weighted by atomic mass is 35.5. The van der Waals surface area contributed by atoms with E-state index in [9.17, 15) is 9.59 Å². The normalized spacial score (nSPS) is 13.7. The summed E-state index contributed by atoms with van der Waals surface area (Å²) in [7, 11) is 0. The van der Waals surface area contributed by atoms with Crippen LogP contribution in [-0.4, -0.2) is 23.1 Å². The van der Waals surface area contributed by atoms with Crippen LogP contribution < -0.4 is 10.6 Å². The van der Waals surface area contributed by atoms with E-state index in [2.05, 4.69) is 10.6 Å². The third kappa shape index (κ3) is 4.42. The Morgan fingerprint density at radius 2 is 1.75 bits per heavy atom. The van der Waals surface area contributed by atoms with E-state index in [1.54, 1.807) is 32.9 Å². The third-order valence-electron chi connectivity index (χ3n) is 2.94. The minimum atomic E-state index is -1.06. The van der Waals surface area contributed by atoms with E-state index in [1.807, 2.05) is 12.1 Å². The third-order valence-corrected chi connectivity index (χ3v) is 3.28. The summed E-state index contributed by atoms with van der Waals surface area (Å²) in [5, 5.41) is 14.7. The summed E-state index contributed by atoms with van der Waals surface area (Å²) >= 11 is 6.04. The molecule has 0 heterocycles. The second kappa shape index (κ2) is 7.14. The van der Waals surface area contributed by atoms with E-state index in [0.717, 1.165) is 5.56 Å². The van der Waals surface area contributed by atoms with Crippen LogP contribution in [0.5, 0.6) is 0 Å². The maximum absolute atomic E-state index is 11.8. The lowest BCUT2D eigenvalue weighted by molar-refractivity contribution is -0.140. The summed E-state index contributed by atoms with van der Waals surface area (Å²) in [5.41, 5.74) is 0.778. The fraction of sp³-hybridized carbons (Fsp3) is 0.429. The molecule has 0 aromatic heterocycles. The van der Waals surface area contributed by atoms with E-state index in [1.165, 1.54) is 0 Å². The van der Waals surface area contributed by atoms with Gasteiger partial charge in [-0.1, -0.05) is 43.6 Å². The molecule has 5 nitrogen and oxygen atoms in total. The van der Waals surface area contributed by atoms with Crippen molar-refractivity contribution in [1.29, 1.82) is 0 Å². The zero-order valence-corrected chi connectivity index (χ0v) is 12.4. The Balaban J connectivity index is 2.67. The highest BCUT2D eigenvalue weighted by molar-refractivity contribution is 6.31. The number of carboxylic acids is 1. The maximum Gasteiger partial charge on any atom is 0.326 e. The molecular formula is C14H19ClN2O3. The van der Waals surface area contributed by atoms with E-state index in [0.29, 0.717) is 5.02 Å². The van der Waals surface area contributed by atoms with E-state index in [-0.39, 0.29) is 12.0 Å². The standard InChI is InChI=1S/C14H19ClN2O3/c1-8(2)12(13(18)19)17-14(20)16-9(3)10-6-4-5-7-11(10)15/h4-9,12H,1-3H3,(H,18,19)(H2,16,17,20)/t9?,12-/m1/s1. The minimum absolute atomic E-state index is 0.200. The first-order chi connectivity index (χ1) is 9.32. The number of rotatable bonds is 5. The van der Waals surface area contributed by atoms with Crippen molar-refractivity contribution >= 4 is 23.6 Å². The summed E-state index contributed by atoms with van der Waals surface area (Å²) in [6.45, 7) is 5.25. The molecule has 6 heteroatoms. The summed E-state index contributed by atoms with van der Waals surface area (Å²) < 4.78 is 0. The van der Waals surface area contributed by atoms with Crippen molar-refractivity contribution in [3.63, 3.8) is 0 Å². The number of amides is 2. The van der Waals surface area contributed by atoms with Crippen LogP contribution in [0.25, 0.3) is 0 Å². The van der Waals surface area contributed by atoms with Crippen LogP contribution in [0.4, 0.5) is 4.79 Å². The van der Waals surface area contributed by atoms with Crippen LogP contribution in [0.15, 0.2) is 24.3 Å². The van der Waals surface area contributed by atoms with Crippen molar-refractivity contribution in [3.05, 3.63) is 34.9 Å². The number of halogens is 1. The molecule has 2 amide bonds. The largest absolute Gasteiger partial charge is 0.480 e. The highest BCUT2D eigenvalue weighted by Crippen LogP contribution is 2.21. The van der Waals surface area contributed by atoms with Gasteiger partial charge in [0.15, 0.2) is 0 Å². The number of hydrogen-bond acceptors (Lipinski definition) is 2. The van der Waals surface area contributed by atoms with Crippen LogP contribution in [0.2, 0.25) is 5.02 Å². The second-order valence-corrected chi connectivity index (χ2v) is 5.33. The van der Waals surface area contributed by atoms with Crippen molar-refractivity contribution < 1.29 is 14.7 Å². The Labute approximate surface area is 123 Å². The Kier molecular flexibility index (Phi) is 5.82. The zero-order valence-electron chi connectivity index (χ0n) is 11.7. The first kappa shape index (κ1) is 16.3. The summed E-state index contributed by atoms with van der Waals surface area (Å²) in [4.78, 5) is 22.9. The number of nitrogens with one attached hydrogen (secondary N) is 2. The molecule has 110 valence electrons. The van der Waals surface area contributed by atoms with E-state index in [4.69, 9.17) is 16.7 Å². The molecule has 0 spiro atoms. The minimum Gasteiger partial charge on any atom is -0.480 e. The predicted molar refractivity (Wildman–Crippen MR) is 77.8 cm³/mol. The number of hydrogen-bond donors (Lipinski definition) is 3. The average molecular weight is 299 g/mol. The van der Waals surface area contributed by atoms with Crippen LogP contribution in [-0.2, 0) is 4.79 Å². The van der Waals surface area contributed by atoms with Crippen LogP contribution >= 0.6 is 11.6 Å². The smallest absolute Gasteiger partial charge is 0.326 e. The van der Waals surface area contributed by atoms with Gasteiger partial charge in [0.25, 0.3) is 0 Å². The van der Waals surface area contributed by atoms with Gasteiger partial charge in [-0.3, -0.25) is 0 Å². The molecule has 1 unspecified atom stereocenters. The molecule has 0 saturated carbocycles. The van der Waals surface area contributed by atoms with E-state index >= 15 is 0 Å². The van der Waals surface area contributed by atoms with Crippen LogP contribution in [0, 0.1) is 5.92 Å². The van der Waals surface area contributed by atoms with Crippen molar-refractivity contribution in [2.45, 2.75) is 32.9 Å². The lowest BCUT2D eigenvalue weighted by Gasteiger charge is -2.21. The predicted octanol–water partition coefficient (Wildman–Crippen LogP) is 2.81. The topological polar surface area (TPSA) is 78.4 Å². The van der Waals surface area contributed by atoms with Gasteiger partial charge >= 0.3 is 12.0 Å². The second-order valence-electron chi connectivity index (χ2n) is 4.92. The van der Waals surface area contributed by atoms with E-state index < -0.39 is 18.0 Å². The van der Waals surface area contributed by atoms with Gasteiger partial charge in [0.1, 0.15) is 6.04 Å². The fourth-order valence-electron chi connectivity index (χ4n) is 1.80. The van der Waals surface area contributed by atoms with Gasteiger partial charge in [-0.05, 0) is 24.5 Å². The van der Waals surface area contributed by atoms with Crippen molar-refractivity contribution in [2.24, 2.45) is 5.92 Å². The average Bonchev–Trinajstić information content (AvgIpc) is 2.35. The van der Waals surface area contributed by atoms with Crippen LogP contribution in [0.3, 0.4) is 0 Å². The Morgan fingerprint density at radius 3 is 2.25 bits per heavy atom. The number of urea groups is 1. The Bertz CT molecular complexity index is 491. The number of carboxylic acid groups (broad SMARTS) is 1. The lowest BCUT2D eigenvalue weighted by atomic mass is 10.1. The summed E-state index contributed by atoms with van der Waals surface area (Å²) in [5.74, 6) is -1.26. The molecule has 0 bridgehead atoms. The molecule has 0 fully saturated rings. The molecule has 1 aromatic carbocycles. The molecular weight excluding hydrogens is 280 g/mol. The molecule has 3 N–H and O–H groups in total. The monoisotopic (exact) mass is 298 g/mol. The van der Waals surface area contributed by atoms with Gasteiger partial charge < -0.3 is 15.7 Å². The van der Waals surface area contributed by atoms with Crippen LogP contribution in [0.1, 0.15) is 32.4 Å². The number of carbonyl (C=O) groups is 2. The molecule has 0 aliphatic heterocycles. The first-order valence-corrected chi connectivity index (χ1v) is 6.75. The zero-order chi connectivity index (χ0) is 15.3. The van der Waals surface area contributed by atoms with Gasteiger partial charge in [0.2, 0.25) is 0 Å². The van der Waals surface area contributed by atoms with Crippen molar-refractivity contribution in [2.75, 3.05) is 0 Å². The molecule has 0 saturated heterocycles. The molecule has 0 radical (unpaired) electrons. The summed E-state index contributed by atoms with van der Waals surface area (Å²) in [6.07, 6.45) is 0. The van der Waals surface area contributed by atoms with Gasteiger partial charge in [0, 0.05) is 5.02 Å². The summed E-state index contributed by atoms with van der Waals surface area (Å²) in [6, 6.07) is 5.41. The molecule has 2 atom stereocenters. The Morgan fingerprint density at radius 1 is 1.15 bits per heavy atom. The SMILES string of the molecule is CC(NC(=O)N[C@@H](C(=O)O)C(C)C)c1ccccc1Cl. The molecule has 0 aliphatic carbocycles. The highest BCUT2D eigenvalue weighted by Gasteiger charge is 2.24.